The smallest absolute Gasteiger partial charge is 0.274 e. The van der Waals surface area contributed by atoms with E-state index in [2.05, 4.69) is 30.2 Å². The van der Waals surface area contributed by atoms with Crippen molar-refractivity contribution in [3.63, 3.8) is 0 Å². The third-order valence-electron chi connectivity index (χ3n) is 5.48. The molecule has 0 radical (unpaired) electrons. The van der Waals surface area contributed by atoms with Gasteiger partial charge in [0, 0.05) is 10.9 Å². The number of H-pyrrole nitrogens is 1. The normalized spacial score (nSPS) is 11.6. The second-order valence-electron chi connectivity index (χ2n) is 7.92. The first-order chi connectivity index (χ1) is 18.1. The van der Waals surface area contributed by atoms with Crippen molar-refractivity contribution in [2.24, 2.45) is 0 Å². The fourth-order valence-corrected chi connectivity index (χ4v) is 4.98. The predicted octanol–water partition coefficient (Wildman–Crippen LogP) is 4.53. The molecule has 0 bridgehead atoms. The molecule has 0 unspecified atom stereocenters. The van der Waals surface area contributed by atoms with Crippen LogP contribution in [0.2, 0.25) is 0 Å². The number of pyridine rings is 1. The quantitative estimate of drug-likeness (QED) is 0.266. The zero-order chi connectivity index (χ0) is 27.2. The molecule has 0 fully saturated rings. The number of aryl methyl sites for hydroxylation is 1. The Morgan fingerprint density at radius 1 is 1.05 bits per heavy atom. The number of nitrogens with zero attached hydrogens (tertiary/aromatic N) is 3. The molecule has 1 amide bonds. The fraction of sp³-hybridized carbons (Fsp3) is 0.0435. The molecule has 15 heteroatoms. The van der Waals surface area contributed by atoms with Gasteiger partial charge >= 0.3 is 0 Å². The molecule has 2 aromatic carbocycles. The Bertz CT molecular complexity index is 1820. The van der Waals surface area contributed by atoms with Crippen LogP contribution in [0.25, 0.3) is 22.0 Å². The van der Waals surface area contributed by atoms with Gasteiger partial charge in [-0.1, -0.05) is 11.2 Å². The standard InChI is InChI=1S/C23H14F4N6O4S/c1-10-17(6-11(24)7-28-10)38(35,36)33-16-5-4-15(25)18(20(16)27)13-2-3-14-21(19(13)26)31-32-22(14)23(34)30-12-8-29-37-9-12/h2-9,33H,1H3,(H,30,34)(H,31,32). The van der Waals surface area contributed by atoms with Gasteiger partial charge in [0.25, 0.3) is 15.9 Å². The number of carbonyl (C=O) groups excluding carboxylic acids is 1. The van der Waals surface area contributed by atoms with Gasteiger partial charge in [-0.15, -0.1) is 0 Å². The first-order valence-electron chi connectivity index (χ1n) is 10.6. The number of benzene rings is 2. The van der Waals surface area contributed by atoms with Crippen LogP contribution >= 0.6 is 0 Å². The average molecular weight is 546 g/mol. The lowest BCUT2D eigenvalue weighted by molar-refractivity contribution is 0.102. The van der Waals surface area contributed by atoms with Crippen LogP contribution in [0.15, 0.2) is 58.4 Å². The zero-order valence-electron chi connectivity index (χ0n) is 19.0. The molecule has 0 aliphatic rings. The topological polar surface area (TPSA) is 143 Å². The van der Waals surface area contributed by atoms with E-state index in [-0.39, 0.29) is 22.5 Å². The minimum absolute atomic E-state index is 0.00644. The van der Waals surface area contributed by atoms with E-state index in [4.69, 9.17) is 0 Å². The minimum Gasteiger partial charge on any atom is -0.363 e. The number of anilines is 2. The number of nitrogens with one attached hydrogen (secondary N) is 3. The Morgan fingerprint density at radius 2 is 1.84 bits per heavy atom. The van der Waals surface area contributed by atoms with E-state index >= 15 is 8.78 Å². The van der Waals surface area contributed by atoms with Gasteiger partial charge in [-0.25, -0.2) is 26.0 Å². The molecular formula is C23H14F4N6O4S. The number of aromatic amines is 1. The van der Waals surface area contributed by atoms with E-state index in [9.17, 15) is 22.0 Å². The molecule has 0 aliphatic carbocycles. The highest BCUT2D eigenvalue weighted by Crippen LogP contribution is 2.36. The summed E-state index contributed by atoms with van der Waals surface area (Å²) in [6, 6.07) is 4.46. The third kappa shape index (κ3) is 4.32. The highest BCUT2D eigenvalue weighted by atomic mass is 32.2. The van der Waals surface area contributed by atoms with Crippen molar-refractivity contribution >= 4 is 38.2 Å². The predicted molar refractivity (Wildman–Crippen MR) is 126 cm³/mol. The highest BCUT2D eigenvalue weighted by Gasteiger charge is 2.26. The van der Waals surface area contributed by atoms with Gasteiger partial charge in [0.15, 0.2) is 11.6 Å². The van der Waals surface area contributed by atoms with Crippen molar-refractivity contribution < 1.29 is 35.3 Å². The Labute approximate surface area is 210 Å². The lowest BCUT2D eigenvalue weighted by Gasteiger charge is -2.14. The van der Waals surface area contributed by atoms with Crippen LogP contribution in [-0.2, 0) is 10.0 Å². The Kier molecular flexibility index (Phi) is 6.06. The number of aromatic nitrogens is 4. The average Bonchev–Trinajstić information content (AvgIpc) is 3.54. The van der Waals surface area contributed by atoms with Gasteiger partial charge in [0.1, 0.15) is 39.7 Å². The van der Waals surface area contributed by atoms with E-state index < -0.39 is 66.4 Å². The van der Waals surface area contributed by atoms with Crippen molar-refractivity contribution in [1.82, 2.24) is 20.3 Å². The van der Waals surface area contributed by atoms with Crippen LogP contribution < -0.4 is 10.0 Å². The van der Waals surface area contributed by atoms with Crippen molar-refractivity contribution in [1.29, 1.82) is 0 Å². The summed E-state index contributed by atoms with van der Waals surface area (Å²) < 4.78 is 91.3. The summed E-state index contributed by atoms with van der Waals surface area (Å²) in [6.07, 6.45) is 3.20. The number of hydrogen-bond donors (Lipinski definition) is 3. The van der Waals surface area contributed by atoms with Gasteiger partial charge in [-0.2, -0.15) is 5.10 Å². The van der Waals surface area contributed by atoms with E-state index in [0.29, 0.717) is 6.07 Å². The molecule has 5 rings (SSSR count). The summed E-state index contributed by atoms with van der Waals surface area (Å²) >= 11 is 0. The van der Waals surface area contributed by atoms with Crippen LogP contribution in [0, 0.1) is 30.2 Å². The molecule has 10 nitrogen and oxygen atoms in total. The van der Waals surface area contributed by atoms with Crippen molar-refractivity contribution in [2.45, 2.75) is 11.8 Å². The maximum Gasteiger partial charge on any atom is 0.274 e. The monoisotopic (exact) mass is 546 g/mol. The molecule has 0 atom stereocenters. The maximum absolute atomic E-state index is 15.4. The fourth-order valence-electron chi connectivity index (χ4n) is 3.71. The lowest BCUT2D eigenvalue weighted by Crippen LogP contribution is -2.16. The number of rotatable bonds is 6. The van der Waals surface area contributed by atoms with Crippen molar-refractivity contribution in [3.8, 4) is 11.1 Å². The number of fused-ring (bicyclic) bond motifs is 1. The second-order valence-corrected chi connectivity index (χ2v) is 9.57. The van der Waals surface area contributed by atoms with Crippen molar-refractivity contribution in [2.75, 3.05) is 10.0 Å². The zero-order valence-corrected chi connectivity index (χ0v) is 19.8. The third-order valence-corrected chi connectivity index (χ3v) is 6.96. The summed E-state index contributed by atoms with van der Waals surface area (Å²) in [5.74, 6) is -5.47. The summed E-state index contributed by atoms with van der Waals surface area (Å²) in [5, 5.41) is 12.0. The van der Waals surface area contributed by atoms with Gasteiger partial charge in [-0.3, -0.25) is 19.6 Å². The lowest BCUT2D eigenvalue weighted by atomic mass is 10.0. The Morgan fingerprint density at radius 3 is 2.58 bits per heavy atom. The molecule has 0 saturated carbocycles. The highest BCUT2D eigenvalue weighted by molar-refractivity contribution is 7.92. The molecule has 194 valence electrons. The molecule has 3 heterocycles. The molecular weight excluding hydrogens is 532 g/mol. The van der Waals surface area contributed by atoms with Crippen LogP contribution in [-0.4, -0.2) is 34.7 Å². The van der Waals surface area contributed by atoms with Crippen LogP contribution in [0.5, 0.6) is 0 Å². The molecule has 0 spiro atoms. The summed E-state index contributed by atoms with van der Waals surface area (Å²) in [5.41, 5.74) is -2.59. The molecule has 38 heavy (non-hydrogen) atoms. The van der Waals surface area contributed by atoms with Crippen LogP contribution in [0.3, 0.4) is 0 Å². The van der Waals surface area contributed by atoms with Gasteiger partial charge in [-0.05, 0) is 31.2 Å². The number of halogens is 4. The van der Waals surface area contributed by atoms with E-state index in [1.54, 1.807) is 0 Å². The molecule has 0 aliphatic heterocycles. The minimum atomic E-state index is -4.56. The van der Waals surface area contributed by atoms with Gasteiger partial charge in [0.2, 0.25) is 0 Å². The largest absolute Gasteiger partial charge is 0.363 e. The van der Waals surface area contributed by atoms with E-state index in [1.165, 1.54) is 19.2 Å². The van der Waals surface area contributed by atoms with Crippen molar-refractivity contribution in [3.05, 3.63) is 83.6 Å². The number of sulfonamides is 1. The van der Waals surface area contributed by atoms with E-state index in [1.807, 2.05) is 4.72 Å². The summed E-state index contributed by atoms with van der Waals surface area (Å²) in [4.78, 5) is 15.6. The Hall–Kier alpha value is -4.79. The first-order valence-corrected chi connectivity index (χ1v) is 12.1. The Balaban J connectivity index is 1.54. The molecule has 5 aromatic rings. The second kappa shape index (κ2) is 9.26. The van der Waals surface area contributed by atoms with Crippen LogP contribution in [0.1, 0.15) is 16.2 Å². The summed E-state index contributed by atoms with van der Waals surface area (Å²) in [7, 11) is -4.56. The molecule has 0 saturated heterocycles. The SMILES string of the molecule is Cc1ncc(F)cc1S(=O)(=O)Nc1ccc(F)c(-c2ccc3c(C(=O)Nc4cnoc4)[nH]nc3c2F)c1F. The first kappa shape index (κ1) is 24.9. The van der Waals surface area contributed by atoms with Gasteiger partial charge in [0.05, 0.1) is 29.3 Å². The summed E-state index contributed by atoms with van der Waals surface area (Å²) in [6.45, 7) is 1.30. The number of hydrogen-bond acceptors (Lipinski definition) is 7. The molecule has 3 N–H and O–H groups in total. The number of amides is 1. The van der Waals surface area contributed by atoms with Crippen LogP contribution in [0.4, 0.5) is 28.9 Å². The van der Waals surface area contributed by atoms with E-state index in [0.717, 1.165) is 30.7 Å². The number of carbonyl (C=O) groups is 1. The van der Waals surface area contributed by atoms with Gasteiger partial charge < -0.3 is 9.84 Å². The molecule has 3 aromatic heterocycles. The maximum atomic E-state index is 15.4.